The molecule has 5 heteroatoms. The molecule has 1 fully saturated rings. The molecule has 5 nitrogen and oxygen atoms in total. The van der Waals surface area contributed by atoms with E-state index in [0.29, 0.717) is 17.9 Å². The zero-order chi connectivity index (χ0) is 12.8. The summed E-state index contributed by atoms with van der Waals surface area (Å²) in [4.78, 5) is 0. The largest absolute Gasteiger partial charge is 0.406 e. The first-order valence-electron chi connectivity index (χ1n) is 7.13. The Morgan fingerprint density at radius 1 is 1.28 bits per heavy atom. The second kappa shape index (κ2) is 6.73. The zero-order valence-electron chi connectivity index (χ0n) is 11.4. The van der Waals surface area contributed by atoms with E-state index >= 15 is 0 Å². The first-order valence-corrected chi connectivity index (χ1v) is 7.13. The molecule has 0 bridgehead atoms. The molecule has 1 aliphatic rings. The molecule has 0 radical (unpaired) electrons. The highest BCUT2D eigenvalue weighted by Gasteiger charge is 2.17. The molecule has 1 atom stereocenters. The molecule has 1 aromatic rings. The number of hydrogen-bond acceptors (Lipinski definition) is 5. The molecule has 102 valence electrons. The van der Waals surface area contributed by atoms with Crippen LogP contribution in [0.5, 0.6) is 0 Å². The van der Waals surface area contributed by atoms with E-state index in [-0.39, 0.29) is 6.04 Å². The predicted octanol–water partition coefficient (Wildman–Crippen LogP) is 2.87. The lowest BCUT2D eigenvalue weighted by Gasteiger charge is -2.21. The SMILES string of the molecule is CCCNC(C)c1nnc(NC2CCCCC2)o1. The van der Waals surface area contributed by atoms with Crippen molar-refractivity contribution in [1.29, 1.82) is 0 Å². The third-order valence-electron chi connectivity index (χ3n) is 3.44. The Morgan fingerprint density at radius 3 is 2.78 bits per heavy atom. The topological polar surface area (TPSA) is 63.0 Å². The summed E-state index contributed by atoms with van der Waals surface area (Å²) in [6.07, 6.45) is 7.47. The van der Waals surface area contributed by atoms with Crippen molar-refractivity contribution in [1.82, 2.24) is 15.5 Å². The van der Waals surface area contributed by atoms with Gasteiger partial charge >= 0.3 is 6.01 Å². The molecule has 2 rings (SSSR count). The van der Waals surface area contributed by atoms with Crippen LogP contribution in [-0.4, -0.2) is 22.8 Å². The highest BCUT2D eigenvalue weighted by atomic mass is 16.4. The monoisotopic (exact) mass is 252 g/mol. The average Bonchev–Trinajstić information content (AvgIpc) is 2.86. The molecule has 1 aromatic heterocycles. The summed E-state index contributed by atoms with van der Waals surface area (Å²) in [5.41, 5.74) is 0. The molecular formula is C13H24N4O. The molecular weight excluding hydrogens is 228 g/mol. The van der Waals surface area contributed by atoms with E-state index < -0.39 is 0 Å². The van der Waals surface area contributed by atoms with Gasteiger partial charge in [-0.15, -0.1) is 5.10 Å². The van der Waals surface area contributed by atoms with Gasteiger partial charge in [-0.05, 0) is 32.7 Å². The van der Waals surface area contributed by atoms with Crippen LogP contribution in [0.1, 0.15) is 64.3 Å². The summed E-state index contributed by atoms with van der Waals surface area (Å²) in [6.45, 7) is 5.16. The second-order valence-electron chi connectivity index (χ2n) is 5.10. The zero-order valence-corrected chi connectivity index (χ0v) is 11.4. The first-order chi connectivity index (χ1) is 8.79. The summed E-state index contributed by atoms with van der Waals surface area (Å²) in [5.74, 6) is 0.668. The van der Waals surface area contributed by atoms with Crippen molar-refractivity contribution in [2.75, 3.05) is 11.9 Å². The Hall–Kier alpha value is -1.10. The molecule has 0 aromatic carbocycles. The third-order valence-corrected chi connectivity index (χ3v) is 3.44. The molecule has 18 heavy (non-hydrogen) atoms. The van der Waals surface area contributed by atoms with Crippen molar-refractivity contribution in [2.45, 2.75) is 64.5 Å². The number of hydrogen-bond donors (Lipinski definition) is 2. The minimum absolute atomic E-state index is 0.124. The molecule has 1 heterocycles. The number of anilines is 1. The van der Waals surface area contributed by atoms with Gasteiger partial charge in [0.1, 0.15) is 0 Å². The van der Waals surface area contributed by atoms with E-state index in [0.717, 1.165) is 13.0 Å². The Kier molecular flexibility index (Phi) is 4.99. The van der Waals surface area contributed by atoms with Gasteiger partial charge in [-0.2, -0.15) is 0 Å². The van der Waals surface area contributed by atoms with Gasteiger partial charge in [-0.25, -0.2) is 0 Å². The molecule has 1 saturated carbocycles. The van der Waals surface area contributed by atoms with E-state index in [1.165, 1.54) is 32.1 Å². The number of nitrogens with one attached hydrogen (secondary N) is 2. The Morgan fingerprint density at radius 2 is 2.06 bits per heavy atom. The summed E-state index contributed by atoms with van der Waals surface area (Å²) in [5, 5.41) is 14.9. The normalized spacial score (nSPS) is 18.8. The van der Waals surface area contributed by atoms with Crippen molar-refractivity contribution in [3.8, 4) is 0 Å². The highest BCUT2D eigenvalue weighted by Crippen LogP contribution is 2.22. The predicted molar refractivity (Wildman–Crippen MR) is 71.5 cm³/mol. The molecule has 2 N–H and O–H groups in total. The number of aromatic nitrogens is 2. The van der Waals surface area contributed by atoms with Crippen molar-refractivity contribution in [3.63, 3.8) is 0 Å². The summed E-state index contributed by atoms with van der Waals surface area (Å²) in [7, 11) is 0. The van der Waals surface area contributed by atoms with Crippen molar-refractivity contribution < 1.29 is 4.42 Å². The van der Waals surface area contributed by atoms with Crippen LogP contribution in [0.2, 0.25) is 0 Å². The van der Waals surface area contributed by atoms with Gasteiger partial charge < -0.3 is 15.1 Å². The van der Waals surface area contributed by atoms with Crippen LogP contribution < -0.4 is 10.6 Å². The van der Waals surface area contributed by atoms with Crippen LogP contribution in [-0.2, 0) is 0 Å². The van der Waals surface area contributed by atoms with Gasteiger partial charge in [0.15, 0.2) is 0 Å². The third kappa shape index (κ3) is 3.70. The Labute approximate surface area is 109 Å². The Bertz CT molecular complexity index is 347. The summed E-state index contributed by atoms with van der Waals surface area (Å²) in [6, 6.07) is 1.20. The molecule has 0 aliphatic heterocycles. The van der Waals surface area contributed by atoms with Gasteiger partial charge in [0.2, 0.25) is 5.89 Å². The summed E-state index contributed by atoms with van der Waals surface area (Å²) < 4.78 is 5.65. The molecule has 0 spiro atoms. The minimum atomic E-state index is 0.124. The van der Waals surface area contributed by atoms with Crippen LogP contribution in [0.3, 0.4) is 0 Å². The fourth-order valence-electron chi connectivity index (χ4n) is 2.34. The van der Waals surface area contributed by atoms with Crippen molar-refractivity contribution in [2.24, 2.45) is 0 Å². The quantitative estimate of drug-likeness (QED) is 0.815. The van der Waals surface area contributed by atoms with Crippen LogP contribution in [0, 0.1) is 0 Å². The second-order valence-corrected chi connectivity index (χ2v) is 5.10. The lowest BCUT2D eigenvalue weighted by atomic mass is 9.96. The van der Waals surface area contributed by atoms with E-state index in [1.54, 1.807) is 0 Å². The molecule has 1 unspecified atom stereocenters. The number of rotatable bonds is 6. The molecule has 1 aliphatic carbocycles. The van der Waals surface area contributed by atoms with Crippen molar-refractivity contribution >= 4 is 6.01 Å². The van der Waals surface area contributed by atoms with E-state index in [2.05, 4.69) is 27.8 Å². The van der Waals surface area contributed by atoms with Gasteiger partial charge in [0, 0.05) is 6.04 Å². The first kappa shape index (κ1) is 13.3. The van der Waals surface area contributed by atoms with Crippen LogP contribution in [0.15, 0.2) is 4.42 Å². The van der Waals surface area contributed by atoms with Gasteiger partial charge in [-0.1, -0.05) is 31.3 Å². The van der Waals surface area contributed by atoms with Gasteiger partial charge in [0.05, 0.1) is 6.04 Å². The van der Waals surface area contributed by atoms with Crippen LogP contribution >= 0.6 is 0 Å². The van der Waals surface area contributed by atoms with Gasteiger partial charge in [-0.3, -0.25) is 0 Å². The molecule has 0 saturated heterocycles. The lowest BCUT2D eigenvalue weighted by molar-refractivity contribution is 0.409. The smallest absolute Gasteiger partial charge is 0.315 e. The van der Waals surface area contributed by atoms with Crippen LogP contribution in [0.4, 0.5) is 6.01 Å². The maximum absolute atomic E-state index is 5.65. The number of nitrogens with zero attached hydrogens (tertiary/aromatic N) is 2. The van der Waals surface area contributed by atoms with Crippen molar-refractivity contribution in [3.05, 3.63) is 5.89 Å². The fourth-order valence-corrected chi connectivity index (χ4v) is 2.34. The average molecular weight is 252 g/mol. The summed E-state index contributed by atoms with van der Waals surface area (Å²) >= 11 is 0. The lowest BCUT2D eigenvalue weighted by Crippen LogP contribution is -2.22. The van der Waals surface area contributed by atoms with E-state index in [1.807, 2.05) is 6.92 Å². The maximum Gasteiger partial charge on any atom is 0.315 e. The van der Waals surface area contributed by atoms with E-state index in [9.17, 15) is 0 Å². The van der Waals surface area contributed by atoms with Gasteiger partial charge in [0.25, 0.3) is 0 Å². The molecule has 0 amide bonds. The Balaban J connectivity index is 1.84. The van der Waals surface area contributed by atoms with Crippen LogP contribution in [0.25, 0.3) is 0 Å². The highest BCUT2D eigenvalue weighted by molar-refractivity contribution is 5.20. The minimum Gasteiger partial charge on any atom is -0.406 e. The fraction of sp³-hybridized carbons (Fsp3) is 0.846. The standard InChI is InChI=1S/C13H24N4O/c1-3-9-14-10(2)12-16-17-13(18-12)15-11-7-5-4-6-8-11/h10-11,14H,3-9H2,1-2H3,(H,15,17). The maximum atomic E-state index is 5.65. The van der Waals surface area contributed by atoms with E-state index in [4.69, 9.17) is 4.42 Å².